The van der Waals surface area contributed by atoms with Crippen LogP contribution >= 0.6 is 0 Å². The first kappa shape index (κ1) is 20.0. The van der Waals surface area contributed by atoms with Gasteiger partial charge in [0.15, 0.2) is 17.5 Å². The van der Waals surface area contributed by atoms with Crippen LogP contribution in [-0.4, -0.2) is 44.7 Å². The zero-order chi connectivity index (χ0) is 19.8. The van der Waals surface area contributed by atoms with Crippen LogP contribution < -0.4 is 20.5 Å². The van der Waals surface area contributed by atoms with Gasteiger partial charge in [0.1, 0.15) is 0 Å². The van der Waals surface area contributed by atoms with E-state index in [1.54, 1.807) is 14.2 Å². The highest BCUT2D eigenvalue weighted by atomic mass is 16.5. The zero-order valence-electron chi connectivity index (χ0n) is 16.7. The summed E-state index contributed by atoms with van der Waals surface area (Å²) in [6.07, 6.45) is 2.51. The van der Waals surface area contributed by atoms with Crippen molar-refractivity contribution in [2.24, 2.45) is 10.7 Å². The summed E-state index contributed by atoms with van der Waals surface area (Å²) in [6.45, 7) is 3.48. The maximum absolute atomic E-state index is 6.14. The van der Waals surface area contributed by atoms with Gasteiger partial charge < -0.3 is 20.5 Å². The molecule has 1 atom stereocenters. The molecule has 6 heteroatoms. The Balaban J connectivity index is 1.61. The number of likely N-dealkylation sites (tertiary alicyclic amines) is 1. The van der Waals surface area contributed by atoms with Gasteiger partial charge >= 0.3 is 0 Å². The molecule has 1 heterocycles. The van der Waals surface area contributed by atoms with Gasteiger partial charge in [0, 0.05) is 6.54 Å². The lowest BCUT2D eigenvalue weighted by molar-refractivity contribution is 0.245. The fraction of sp³-hybridized carbons (Fsp3) is 0.409. The molecule has 1 fully saturated rings. The SMILES string of the molecule is COc1ccc(CN=C(N)NCC(c2ccccc2)N2CCCC2)cc1OC. The second-order valence-corrected chi connectivity index (χ2v) is 6.94. The second-order valence-electron chi connectivity index (χ2n) is 6.94. The fourth-order valence-corrected chi connectivity index (χ4v) is 3.60. The van der Waals surface area contributed by atoms with Crippen molar-refractivity contribution in [3.63, 3.8) is 0 Å². The first-order valence-corrected chi connectivity index (χ1v) is 9.75. The van der Waals surface area contributed by atoms with Crippen molar-refractivity contribution in [1.29, 1.82) is 0 Å². The third kappa shape index (κ3) is 5.16. The Kier molecular flexibility index (Phi) is 7.14. The molecule has 1 saturated heterocycles. The predicted molar refractivity (Wildman–Crippen MR) is 113 cm³/mol. The smallest absolute Gasteiger partial charge is 0.188 e. The summed E-state index contributed by atoms with van der Waals surface area (Å²) in [4.78, 5) is 7.00. The monoisotopic (exact) mass is 382 g/mol. The quantitative estimate of drug-likeness (QED) is 0.543. The van der Waals surface area contributed by atoms with Gasteiger partial charge in [-0.25, -0.2) is 4.99 Å². The van der Waals surface area contributed by atoms with E-state index in [0.29, 0.717) is 30.0 Å². The zero-order valence-corrected chi connectivity index (χ0v) is 16.7. The van der Waals surface area contributed by atoms with Crippen LogP contribution in [0.15, 0.2) is 53.5 Å². The van der Waals surface area contributed by atoms with Crippen molar-refractivity contribution in [3.8, 4) is 11.5 Å². The molecule has 0 bridgehead atoms. The van der Waals surface area contributed by atoms with E-state index < -0.39 is 0 Å². The lowest BCUT2D eigenvalue weighted by atomic mass is 10.1. The third-order valence-electron chi connectivity index (χ3n) is 5.12. The molecule has 1 unspecified atom stereocenters. The summed E-state index contributed by atoms with van der Waals surface area (Å²) in [5, 5.41) is 3.31. The van der Waals surface area contributed by atoms with E-state index in [2.05, 4.69) is 45.5 Å². The van der Waals surface area contributed by atoms with Gasteiger partial charge in [-0.15, -0.1) is 0 Å². The highest BCUT2D eigenvalue weighted by Crippen LogP contribution is 2.28. The van der Waals surface area contributed by atoms with Crippen molar-refractivity contribution < 1.29 is 9.47 Å². The average Bonchev–Trinajstić information content (AvgIpc) is 3.27. The van der Waals surface area contributed by atoms with Crippen molar-refractivity contribution in [2.45, 2.75) is 25.4 Å². The summed E-state index contributed by atoms with van der Waals surface area (Å²) in [5.74, 6) is 1.85. The minimum Gasteiger partial charge on any atom is -0.493 e. The van der Waals surface area contributed by atoms with Crippen molar-refractivity contribution >= 4 is 5.96 Å². The first-order valence-electron chi connectivity index (χ1n) is 9.75. The standard InChI is InChI=1S/C22H30N4O2/c1-27-20-11-10-17(14-21(20)28-2)15-24-22(23)25-16-19(26-12-6-7-13-26)18-8-4-3-5-9-18/h3-5,8-11,14,19H,6-7,12-13,15-16H2,1-2H3,(H3,23,24,25). The normalized spacial score (nSPS) is 16.0. The Morgan fingerprint density at radius 2 is 1.79 bits per heavy atom. The van der Waals surface area contributed by atoms with Gasteiger partial charge in [0.25, 0.3) is 0 Å². The second kappa shape index (κ2) is 9.99. The predicted octanol–water partition coefficient (Wildman–Crippen LogP) is 2.95. The highest BCUT2D eigenvalue weighted by Gasteiger charge is 2.23. The number of guanidine groups is 1. The molecule has 1 aliphatic rings. The summed E-state index contributed by atoms with van der Waals surface area (Å²) >= 11 is 0. The van der Waals surface area contributed by atoms with Gasteiger partial charge in [-0.05, 0) is 49.2 Å². The molecule has 0 saturated carbocycles. The van der Waals surface area contributed by atoms with Crippen molar-refractivity contribution in [3.05, 3.63) is 59.7 Å². The Morgan fingerprint density at radius 3 is 2.46 bits per heavy atom. The molecule has 2 aromatic rings. The van der Waals surface area contributed by atoms with E-state index in [0.717, 1.165) is 25.2 Å². The minimum atomic E-state index is 0.304. The largest absolute Gasteiger partial charge is 0.493 e. The fourth-order valence-electron chi connectivity index (χ4n) is 3.60. The molecule has 6 nitrogen and oxygen atoms in total. The van der Waals surface area contributed by atoms with Gasteiger partial charge in [0.2, 0.25) is 0 Å². The van der Waals surface area contributed by atoms with Gasteiger partial charge in [-0.1, -0.05) is 36.4 Å². The van der Waals surface area contributed by atoms with Crippen molar-refractivity contribution in [2.75, 3.05) is 33.9 Å². The molecule has 0 radical (unpaired) electrons. The lowest BCUT2D eigenvalue weighted by Gasteiger charge is -2.28. The van der Waals surface area contributed by atoms with Gasteiger partial charge in [-0.3, -0.25) is 4.90 Å². The molecule has 150 valence electrons. The molecular formula is C22H30N4O2. The third-order valence-corrected chi connectivity index (χ3v) is 5.12. The number of aliphatic imine (C=N–C) groups is 1. The lowest BCUT2D eigenvalue weighted by Crippen LogP contribution is -2.40. The number of rotatable bonds is 8. The topological polar surface area (TPSA) is 72.1 Å². The van der Waals surface area contributed by atoms with E-state index >= 15 is 0 Å². The van der Waals surface area contributed by atoms with Crippen LogP contribution in [0, 0.1) is 0 Å². The minimum absolute atomic E-state index is 0.304. The van der Waals surface area contributed by atoms with Crippen LogP contribution in [0.5, 0.6) is 11.5 Å². The van der Waals surface area contributed by atoms with Gasteiger partial charge in [0.05, 0.1) is 26.8 Å². The van der Waals surface area contributed by atoms with Crippen molar-refractivity contribution in [1.82, 2.24) is 10.2 Å². The number of nitrogens with zero attached hydrogens (tertiary/aromatic N) is 2. The number of hydrogen-bond acceptors (Lipinski definition) is 4. The molecule has 1 aliphatic heterocycles. The highest BCUT2D eigenvalue weighted by molar-refractivity contribution is 5.77. The maximum atomic E-state index is 6.14. The Morgan fingerprint density at radius 1 is 1.07 bits per heavy atom. The Labute approximate surface area is 167 Å². The molecule has 0 aromatic heterocycles. The van der Waals surface area contributed by atoms with Crippen LogP contribution in [0.4, 0.5) is 0 Å². The first-order chi connectivity index (χ1) is 13.7. The van der Waals surface area contributed by atoms with Gasteiger partial charge in [-0.2, -0.15) is 0 Å². The molecule has 3 N–H and O–H groups in total. The number of hydrogen-bond donors (Lipinski definition) is 2. The number of nitrogens with two attached hydrogens (primary N) is 1. The maximum Gasteiger partial charge on any atom is 0.188 e. The average molecular weight is 383 g/mol. The number of nitrogens with one attached hydrogen (secondary N) is 1. The van der Waals surface area contributed by atoms with Crippen LogP contribution in [0.2, 0.25) is 0 Å². The molecule has 2 aromatic carbocycles. The number of ether oxygens (including phenoxy) is 2. The van der Waals surface area contributed by atoms with Crippen LogP contribution in [0.25, 0.3) is 0 Å². The summed E-state index contributed by atoms with van der Waals surface area (Å²) < 4.78 is 10.6. The van der Waals surface area contributed by atoms with Crippen LogP contribution in [-0.2, 0) is 6.54 Å². The molecule has 0 amide bonds. The Bertz CT molecular complexity index is 773. The summed E-state index contributed by atoms with van der Waals surface area (Å²) in [5.41, 5.74) is 8.46. The molecule has 3 rings (SSSR count). The van der Waals surface area contributed by atoms with E-state index in [1.165, 1.54) is 18.4 Å². The van der Waals surface area contributed by atoms with E-state index in [-0.39, 0.29) is 0 Å². The number of methoxy groups -OCH3 is 2. The molecule has 0 spiro atoms. The molecular weight excluding hydrogens is 352 g/mol. The molecule has 0 aliphatic carbocycles. The van der Waals surface area contributed by atoms with E-state index in [9.17, 15) is 0 Å². The summed E-state index contributed by atoms with van der Waals surface area (Å²) in [7, 11) is 3.25. The van der Waals surface area contributed by atoms with Crippen LogP contribution in [0.1, 0.15) is 30.0 Å². The number of benzene rings is 2. The summed E-state index contributed by atoms with van der Waals surface area (Å²) in [6, 6.07) is 16.7. The van der Waals surface area contributed by atoms with E-state index in [1.807, 2.05) is 18.2 Å². The van der Waals surface area contributed by atoms with E-state index in [4.69, 9.17) is 15.2 Å². The van der Waals surface area contributed by atoms with Crippen LogP contribution in [0.3, 0.4) is 0 Å². The molecule has 28 heavy (non-hydrogen) atoms. The Hall–Kier alpha value is -2.73.